The molecule has 0 bridgehead atoms. The predicted octanol–water partition coefficient (Wildman–Crippen LogP) is 1.75. The van der Waals surface area contributed by atoms with Crippen LogP contribution in [0.2, 0.25) is 0 Å². The summed E-state index contributed by atoms with van der Waals surface area (Å²) in [7, 11) is 0. The molecule has 0 saturated carbocycles. The Morgan fingerprint density at radius 3 is 2.73 bits per heavy atom. The van der Waals surface area contributed by atoms with E-state index >= 15 is 0 Å². The second kappa shape index (κ2) is 5.73. The van der Waals surface area contributed by atoms with Crippen LogP contribution >= 0.6 is 0 Å². The van der Waals surface area contributed by atoms with E-state index in [1.807, 2.05) is 6.92 Å². The summed E-state index contributed by atoms with van der Waals surface area (Å²) in [6, 6.07) is -0.227. The maximum atomic E-state index is 11.4. The molecule has 4 heteroatoms. The highest BCUT2D eigenvalue weighted by atomic mass is 16.2. The highest BCUT2D eigenvalue weighted by Gasteiger charge is 2.28. The van der Waals surface area contributed by atoms with Gasteiger partial charge in [0.25, 0.3) is 0 Å². The number of carbonyl (C=O) groups is 2. The first-order chi connectivity index (χ1) is 7.15. The van der Waals surface area contributed by atoms with Crippen molar-refractivity contribution in [2.75, 3.05) is 13.1 Å². The molecule has 0 aromatic rings. The Labute approximate surface area is 91.0 Å². The number of nitrogens with one attached hydrogen (secondary N) is 1. The van der Waals surface area contributed by atoms with Crippen LogP contribution < -0.4 is 5.32 Å². The van der Waals surface area contributed by atoms with E-state index in [1.165, 1.54) is 12.8 Å². The zero-order chi connectivity index (χ0) is 11.3. The van der Waals surface area contributed by atoms with E-state index in [0.29, 0.717) is 6.54 Å². The molecule has 1 atom stereocenters. The average Bonchev–Trinajstić information content (AvgIpc) is 2.20. The molecule has 0 radical (unpaired) electrons. The van der Waals surface area contributed by atoms with Crippen LogP contribution in [-0.4, -0.2) is 29.9 Å². The Bertz CT molecular complexity index is 241. The van der Waals surface area contributed by atoms with E-state index in [4.69, 9.17) is 0 Å². The predicted molar refractivity (Wildman–Crippen MR) is 58.4 cm³/mol. The van der Waals surface area contributed by atoms with Crippen molar-refractivity contribution in [2.24, 2.45) is 5.92 Å². The average molecular weight is 212 g/mol. The van der Waals surface area contributed by atoms with Gasteiger partial charge < -0.3 is 4.90 Å². The molecule has 1 aliphatic rings. The van der Waals surface area contributed by atoms with Gasteiger partial charge in [-0.25, -0.2) is 4.79 Å². The molecule has 3 amide bonds. The van der Waals surface area contributed by atoms with Crippen molar-refractivity contribution < 1.29 is 9.59 Å². The van der Waals surface area contributed by atoms with Crippen molar-refractivity contribution in [3.63, 3.8) is 0 Å². The maximum Gasteiger partial charge on any atom is 0.324 e. The van der Waals surface area contributed by atoms with Gasteiger partial charge in [-0.2, -0.15) is 0 Å². The van der Waals surface area contributed by atoms with Crippen LogP contribution in [0.25, 0.3) is 0 Å². The summed E-state index contributed by atoms with van der Waals surface area (Å²) >= 11 is 0. The number of amides is 3. The molecule has 15 heavy (non-hydrogen) atoms. The molecule has 1 unspecified atom stereocenters. The summed E-state index contributed by atoms with van der Waals surface area (Å²) in [6.07, 6.45) is 4.59. The van der Waals surface area contributed by atoms with Gasteiger partial charge in [0, 0.05) is 13.1 Å². The van der Waals surface area contributed by atoms with Gasteiger partial charge in [0.2, 0.25) is 5.91 Å². The minimum absolute atomic E-state index is 0.0751. The molecule has 86 valence electrons. The number of unbranched alkanes of at least 4 members (excludes halogenated alkanes) is 3. The Balaban J connectivity index is 2.28. The molecule has 0 aromatic heterocycles. The molecule has 1 N–H and O–H groups in total. The Morgan fingerprint density at radius 1 is 1.33 bits per heavy atom. The van der Waals surface area contributed by atoms with Crippen LogP contribution in [0, 0.1) is 5.92 Å². The minimum atomic E-state index is -0.227. The van der Waals surface area contributed by atoms with E-state index in [-0.39, 0.29) is 17.9 Å². The van der Waals surface area contributed by atoms with Crippen molar-refractivity contribution >= 4 is 11.9 Å². The molecule has 4 nitrogen and oxygen atoms in total. The lowest BCUT2D eigenvalue weighted by molar-refractivity contribution is -0.125. The maximum absolute atomic E-state index is 11.4. The summed E-state index contributed by atoms with van der Waals surface area (Å²) < 4.78 is 0. The Hall–Kier alpha value is -1.06. The normalized spacial score (nSPS) is 21.7. The molecule has 0 aromatic carbocycles. The Morgan fingerprint density at radius 2 is 2.07 bits per heavy atom. The van der Waals surface area contributed by atoms with Crippen molar-refractivity contribution in [3.8, 4) is 0 Å². The SMILES string of the molecule is CCCCCCN1CC(C)C(=O)NC1=O. The van der Waals surface area contributed by atoms with Crippen LogP contribution in [0.3, 0.4) is 0 Å². The molecular formula is C11H20N2O2. The summed E-state index contributed by atoms with van der Waals surface area (Å²) in [5.41, 5.74) is 0. The van der Waals surface area contributed by atoms with Gasteiger partial charge in [0.1, 0.15) is 0 Å². The van der Waals surface area contributed by atoms with E-state index in [9.17, 15) is 9.59 Å². The number of nitrogens with zero attached hydrogens (tertiary/aromatic N) is 1. The quantitative estimate of drug-likeness (QED) is 0.706. The smallest absolute Gasteiger partial charge is 0.324 e. The van der Waals surface area contributed by atoms with Crippen molar-refractivity contribution in [1.29, 1.82) is 0 Å². The highest BCUT2D eigenvalue weighted by molar-refractivity contribution is 5.97. The third-order valence-electron chi connectivity index (χ3n) is 2.74. The molecule has 0 aliphatic carbocycles. The first kappa shape index (κ1) is 12.0. The van der Waals surface area contributed by atoms with Gasteiger partial charge in [-0.1, -0.05) is 33.1 Å². The molecular weight excluding hydrogens is 192 g/mol. The van der Waals surface area contributed by atoms with Crippen LogP contribution in [0.5, 0.6) is 0 Å². The lowest BCUT2D eigenvalue weighted by atomic mass is 10.1. The van der Waals surface area contributed by atoms with Gasteiger partial charge in [-0.15, -0.1) is 0 Å². The van der Waals surface area contributed by atoms with Gasteiger partial charge in [0.05, 0.1) is 5.92 Å². The third kappa shape index (κ3) is 3.53. The first-order valence-corrected chi connectivity index (χ1v) is 5.75. The van der Waals surface area contributed by atoms with Crippen molar-refractivity contribution in [3.05, 3.63) is 0 Å². The second-order valence-corrected chi connectivity index (χ2v) is 4.20. The van der Waals surface area contributed by atoms with Gasteiger partial charge in [0.15, 0.2) is 0 Å². The van der Waals surface area contributed by atoms with E-state index in [1.54, 1.807) is 4.90 Å². The van der Waals surface area contributed by atoms with Crippen molar-refractivity contribution in [2.45, 2.75) is 39.5 Å². The zero-order valence-corrected chi connectivity index (χ0v) is 9.58. The fraction of sp³-hybridized carbons (Fsp3) is 0.818. The summed E-state index contributed by atoms with van der Waals surface area (Å²) in [4.78, 5) is 24.3. The molecule has 1 rings (SSSR count). The van der Waals surface area contributed by atoms with Crippen LogP contribution in [0.1, 0.15) is 39.5 Å². The monoisotopic (exact) mass is 212 g/mol. The molecule has 1 fully saturated rings. The van der Waals surface area contributed by atoms with Gasteiger partial charge in [-0.3, -0.25) is 10.1 Å². The highest BCUT2D eigenvalue weighted by Crippen LogP contribution is 2.09. The van der Waals surface area contributed by atoms with Crippen LogP contribution in [0.4, 0.5) is 4.79 Å². The number of imide groups is 1. The third-order valence-corrected chi connectivity index (χ3v) is 2.74. The summed E-state index contributed by atoms with van der Waals surface area (Å²) in [5.74, 6) is -0.223. The molecule has 1 saturated heterocycles. The van der Waals surface area contributed by atoms with E-state index < -0.39 is 0 Å². The number of hydrogen-bond donors (Lipinski definition) is 1. The number of hydrogen-bond acceptors (Lipinski definition) is 2. The number of carbonyl (C=O) groups excluding carboxylic acids is 2. The summed E-state index contributed by atoms with van der Waals surface area (Å²) in [6.45, 7) is 5.34. The molecule has 1 heterocycles. The lowest BCUT2D eigenvalue weighted by Gasteiger charge is -2.30. The number of urea groups is 1. The standard InChI is InChI=1S/C11H20N2O2/c1-3-4-5-6-7-13-8-9(2)10(14)12-11(13)15/h9H,3-8H2,1-2H3,(H,12,14,15). The zero-order valence-electron chi connectivity index (χ0n) is 9.58. The second-order valence-electron chi connectivity index (χ2n) is 4.20. The van der Waals surface area contributed by atoms with Crippen molar-refractivity contribution in [1.82, 2.24) is 10.2 Å². The van der Waals surface area contributed by atoms with Crippen LogP contribution in [0.15, 0.2) is 0 Å². The van der Waals surface area contributed by atoms with Gasteiger partial charge in [-0.05, 0) is 6.42 Å². The fourth-order valence-electron chi connectivity index (χ4n) is 1.73. The summed E-state index contributed by atoms with van der Waals surface area (Å²) in [5, 5.41) is 2.37. The lowest BCUT2D eigenvalue weighted by Crippen LogP contribution is -2.53. The Kier molecular flexibility index (Phi) is 4.59. The van der Waals surface area contributed by atoms with Gasteiger partial charge >= 0.3 is 6.03 Å². The number of rotatable bonds is 5. The van der Waals surface area contributed by atoms with E-state index in [2.05, 4.69) is 12.2 Å². The van der Waals surface area contributed by atoms with Crippen LogP contribution in [-0.2, 0) is 4.79 Å². The molecule has 1 aliphatic heterocycles. The minimum Gasteiger partial charge on any atom is -0.324 e. The largest absolute Gasteiger partial charge is 0.324 e. The topological polar surface area (TPSA) is 49.4 Å². The molecule has 0 spiro atoms. The van der Waals surface area contributed by atoms with E-state index in [0.717, 1.165) is 19.4 Å². The fourth-order valence-corrected chi connectivity index (χ4v) is 1.73. The first-order valence-electron chi connectivity index (χ1n) is 5.75.